The molecule has 0 saturated heterocycles. The fourth-order valence-electron chi connectivity index (χ4n) is 1.61. The molecular formula is C13H12F2N4OS. The van der Waals surface area contributed by atoms with Gasteiger partial charge in [-0.05, 0) is 25.1 Å². The first-order valence-electron chi connectivity index (χ1n) is 5.93. The predicted molar refractivity (Wildman–Crippen MR) is 76.9 cm³/mol. The first-order valence-corrected chi connectivity index (χ1v) is 6.80. The summed E-state index contributed by atoms with van der Waals surface area (Å²) in [6.45, 7) is 1.61. The highest BCUT2D eigenvalue weighted by Crippen LogP contribution is 2.24. The van der Waals surface area contributed by atoms with Crippen LogP contribution in [-0.2, 0) is 0 Å². The lowest BCUT2D eigenvalue weighted by atomic mass is 10.1. The quantitative estimate of drug-likeness (QED) is 0.511. The zero-order valence-corrected chi connectivity index (χ0v) is 11.8. The number of aromatic nitrogens is 2. The Morgan fingerprint density at radius 3 is 2.33 bits per heavy atom. The van der Waals surface area contributed by atoms with Gasteiger partial charge in [0.25, 0.3) is 0 Å². The molecule has 1 unspecified atom stereocenters. The summed E-state index contributed by atoms with van der Waals surface area (Å²) in [4.78, 5) is 20.0. The molecule has 0 bridgehead atoms. The van der Waals surface area contributed by atoms with Gasteiger partial charge in [-0.1, -0.05) is 11.8 Å². The van der Waals surface area contributed by atoms with E-state index in [9.17, 15) is 13.6 Å². The molecule has 1 heterocycles. The first-order chi connectivity index (χ1) is 9.86. The van der Waals surface area contributed by atoms with E-state index in [1.807, 2.05) is 0 Å². The minimum Gasteiger partial charge on any atom is -0.383 e. The van der Waals surface area contributed by atoms with E-state index in [4.69, 9.17) is 11.5 Å². The van der Waals surface area contributed by atoms with Crippen molar-refractivity contribution in [2.24, 2.45) is 0 Å². The molecule has 0 radical (unpaired) electrons. The molecule has 0 saturated carbocycles. The summed E-state index contributed by atoms with van der Waals surface area (Å²) in [6, 6.07) is 4.40. The van der Waals surface area contributed by atoms with Gasteiger partial charge < -0.3 is 11.5 Å². The third-order valence-electron chi connectivity index (χ3n) is 2.60. The number of rotatable bonds is 4. The summed E-state index contributed by atoms with van der Waals surface area (Å²) in [5, 5.41) is -0.355. The number of carbonyl (C=O) groups is 1. The van der Waals surface area contributed by atoms with E-state index in [1.54, 1.807) is 6.92 Å². The Morgan fingerprint density at radius 2 is 1.76 bits per heavy atom. The Hall–Kier alpha value is -2.22. The van der Waals surface area contributed by atoms with Gasteiger partial charge in [-0.3, -0.25) is 4.79 Å². The SMILES string of the molecule is CC(Sc1nc(N)cc(N)n1)C(=O)c1ccc(F)c(F)c1. The third kappa shape index (κ3) is 3.66. The van der Waals surface area contributed by atoms with Crippen LogP contribution in [0.2, 0.25) is 0 Å². The van der Waals surface area contributed by atoms with Crippen LogP contribution in [0, 0.1) is 11.6 Å². The second kappa shape index (κ2) is 6.04. The van der Waals surface area contributed by atoms with E-state index in [2.05, 4.69) is 9.97 Å². The number of anilines is 2. The van der Waals surface area contributed by atoms with Crippen LogP contribution in [0.1, 0.15) is 17.3 Å². The number of benzene rings is 1. The van der Waals surface area contributed by atoms with Gasteiger partial charge in [0.15, 0.2) is 22.6 Å². The van der Waals surface area contributed by atoms with Gasteiger partial charge in [0.1, 0.15) is 11.6 Å². The molecule has 1 aromatic heterocycles. The zero-order chi connectivity index (χ0) is 15.6. The number of Topliss-reactive ketones (excluding diaryl/α,β-unsaturated/α-hetero) is 1. The van der Waals surface area contributed by atoms with Crippen molar-refractivity contribution in [3.8, 4) is 0 Å². The van der Waals surface area contributed by atoms with E-state index in [-0.39, 0.29) is 28.1 Å². The number of ketones is 1. The van der Waals surface area contributed by atoms with Crippen molar-refractivity contribution in [3.05, 3.63) is 41.5 Å². The van der Waals surface area contributed by atoms with Crippen LogP contribution in [0.15, 0.2) is 29.4 Å². The molecule has 0 spiro atoms. The standard InChI is InChI=1S/C13H12F2N4OS/c1-6(21-13-18-10(16)5-11(17)19-13)12(20)7-2-3-8(14)9(15)4-7/h2-6H,1H3,(H4,16,17,18,19). The third-order valence-corrected chi connectivity index (χ3v) is 3.56. The molecule has 2 rings (SSSR count). The predicted octanol–water partition coefficient (Wildman–Crippen LogP) is 2.28. The molecule has 0 aliphatic carbocycles. The monoisotopic (exact) mass is 310 g/mol. The highest BCUT2D eigenvalue weighted by molar-refractivity contribution is 8.00. The molecule has 0 amide bonds. The van der Waals surface area contributed by atoms with Gasteiger partial charge in [0, 0.05) is 11.6 Å². The summed E-state index contributed by atoms with van der Waals surface area (Å²) in [6.07, 6.45) is 0. The van der Waals surface area contributed by atoms with Crippen molar-refractivity contribution in [2.75, 3.05) is 11.5 Å². The summed E-state index contributed by atoms with van der Waals surface area (Å²) in [5.74, 6) is -2.06. The van der Waals surface area contributed by atoms with Crippen molar-refractivity contribution < 1.29 is 13.6 Å². The van der Waals surface area contributed by atoms with Crippen LogP contribution in [-0.4, -0.2) is 21.0 Å². The summed E-state index contributed by atoms with van der Waals surface area (Å²) >= 11 is 1.04. The molecule has 0 aliphatic heterocycles. The maximum Gasteiger partial charge on any atom is 0.192 e. The topological polar surface area (TPSA) is 94.9 Å². The Labute approximate surface area is 123 Å². The van der Waals surface area contributed by atoms with E-state index in [0.717, 1.165) is 23.9 Å². The lowest BCUT2D eigenvalue weighted by Crippen LogP contribution is -2.15. The molecule has 0 fully saturated rings. The Morgan fingerprint density at radius 1 is 1.14 bits per heavy atom. The van der Waals surface area contributed by atoms with E-state index in [0.29, 0.717) is 0 Å². The summed E-state index contributed by atoms with van der Waals surface area (Å²) in [5.41, 5.74) is 11.2. The maximum absolute atomic E-state index is 13.1. The second-order valence-corrected chi connectivity index (χ2v) is 5.56. The smallest absolute Gasteiger partial charge is 0.192 e. The van der Waals surface area contributed by atoms with Gasteiger partial charge in [-0.15, -0.1) is 0 Å². The maximum atomic E-state index is 13.1. The fraction of sp³-hybridized carbons (Fsp3) is 0.154. The number of halogens is 2. The Kier molecular flexibility index (Phi) is 4.37. The van der Waals surface area contributed by atoms with E-state index in [1.165, 1.54) is 12.1 Å². The molecule has 21 heavy (non-hydrogen) atoms. The molecule has 110 valence electrons. The summed E-state index contributed by atoms with van der Waals surface area (Å²) in [7, 11) is 0. The van der Waals surface area contributed by atoms with Crippen molar-refractivity contribution in [3.63, 3.8) is 0 Å². The minimum atomic E-state index is -1.07. The number of thioether (sulfide) groups is 1. The average molecular weight is 310 g/mol. The average Bonchev–Trinajstić information content (AvgIpc) is 2.39. The molecule has 2 aromatic rings. The highest BCUT2D eigenvalue weighted by Gasteiger charge is 2.19. The summed E-state index contributed by atoms with van der Waals surface area (Å²) < 4.78 is 26.0. The molecule has 4 N–H and O–H groups in total. The molecular weight excluding hydrogens is 298 g/mol. The first kappa shape index (κ1) is 15.2. The molecule has 8 heteroatoms. The van der Waals surface area contributed by atoms with Crippen LogP contribution in [0.3, 0.4) is 0 Å². The van der Waals surface area contributed by atoms with Crippen LogP contribution in [0.4, 0.5) is 20.4 Å². The number of nitrogens with zero attached hydrogens (tertiary/aromatic N) is 2. The lowest BCUT2D eigenvalue weighted by Gasteiger charge is -2.10. The van der Waals surface area contributed by atoms with Crippen LogP contribution < -0.4 is 11.5 Å². The van der Waals surface area contributed by atoms with Gasteiger partial charge in [-0.25, -0.2) is 18.7 Å². The van der Waals surface area contributed by atoms with Gasteiger partial charge in [0.05, 0.1) is 5.25 Å². The van der Waals surface area contributed by atoms with Gasteiger partial charge in [0.2, 0.25) is 0 Å². The second-order valence-electron chi connectivity index (χ2n) is 4.25. The van der Waals surface area contributed by atoms with E-state index < -0.39 is 16.9 Å². The number of hydrogen-bond acceptors (Lipinski definition) is 6. The van der Waals surface area contributed by atoms with Crippen LogP contribution in [0.5, 0.6) is 0 Å². The molecule has 5 nitrogen and oxygen atoms in total. The van der Waals surface area contributed by atoms with Crippen LogP contribution in [0.25, 0.3) is 0 Å². The van der Waals surface area contributed by atoms with Crippen molar-refractivity contribution >= 4 is 29.2 Å². The Balaban J connectivity index is 2.17. The lowest BCUT2D eigenvalue weighted by molar-refractivity contribution is 0.0993. The molecule has 1 atom stereocenters. The molecule has 0 aliphatic rings. The number of hydrogen-bond donors (Lipinski definition) is 2. The van der Waals surface area contributed by atoms with Gasteiger partial charge >= 0.3 is 0 Å². The fourth-order valence-corrected chi connectivity index (χ4v) is 2.49. The van der Waals surface area contributed by atoms with Crippen molar-refractivity contribution in [1.82, 2.24) is 9.97 Å². The van der Waals surface area contributed by atoms with E-state index >= 15 is 0 Å². The highest BCUT2D eigenvalue weighted by atomic mass is 32.2. The minimum absolute atomic E-state index is 0.0748. The van der Waals surface area contributed by atoms with Gasteiger partial charge in [-0.2, -0.15) is 0 Å². The largest absolute Gasteiger partial charge is 0.383 e. The Bertz CT molecular complexity index is 676. The van der Waals surface area contributed by atoms with Crippen molar-refractivity contribution in [1.29, 1.82) is 0 Å². The molecule has 1 aromatic carbocycles. The number of nitrogen functional groups attached to an aromatic ring is 2. The van der Waals surface area contributed by atoms with Crippen molar-refractivity contribution in [2.45, 2.75) is 17.3 Å². The number of nitrogens with two attached hydrogens (primary N) is 2. The number of carbonyl (C=O) groups excluding carboxylic acids is 1. The zero-order valence-electron chi connectivity index (χ0n) is 11.0. The van der Waals surface area contributed by atoms with Crippen LogP contribution >= 0.6 is 11.8 Å². The normalized spacial score (nSPS) is 12.1.